The Morgan fingerprint density at radius 3 is 2.26 bits per heavy atom. The third-order valence-corrected chi connectivity index (χ3v) is 7.40. The number of hydrogen-bond acceptors (Lipinski definition) is 3. The number of carbonyl (C=O) groups is 1. The van der Waals surface area contributed by atoms with Crippen LogP contribution in [0, 0.1) is 17.8 Å². The molecule has 3 nitrogen and oxygen atoms in total. The van der Waals surface area contributed by atoms with Crippen molar-refractivity contribution >= 4 is 5.78 Å². The minimum atomic E-state index is 0.116. The zero-order valence-electron chi connectivity index (χ0n) is 19.1. The second-order valence-electron chi connectivity index (χ2n) is 9.50. The molecule has 0 saturated heterocycles. The van der Waals surface area contributed by atoms with Crippen LogP contribution in [0.2, 0.25) is 0 Å². The molecular weight excluding hydrogens is 384 g/mol. The van der Waals surface area contributed by atoms with E-state index < -0.39 is 0 Å². The normalized spacial score (nSPS) is 24.1. The molecule has 3 atom stereocenters. The number of rotatable bonds is 6. The van der Waals surface area contributed by atoms with Crippen LogP contribution in [-0.2, 0) is 12.8 Å². The number of ether oxygens (including phenoxy) is 2. The molecule has 2 aliphatic carbocycles. The van der Waals surface area contributed by atoms with Crippen LogP contribution in [-0.4, -0.2) is 20.0 Å². The van der Waals surface area contributed by atoms with Crippen molar-refractivity contribution in [3.05, 3.63) is 59.2 Å². The van der Waals surface area contributed by atoms with Crippen LogP contribution in [0.3, 0.4) is 0 Å². The third-order valence-electron chi connectivity index (χ3n) is 7.40. The summed E-state index contributed by atoms with van der Waals surface area (Å²) in [5.41, 5.74) is 3.43. The van der Waals surface area contributed by atoms with Crippen molar-refractivity contribution in [2.24, 2.45) is 17.8 Å². The van der Waals surface area contributed by atoms with Gasteiger partial charge in [0.05, 0.1) is 14.2 Å². The summed E-state index contributed by atoms with van der Waals surface area (Å²) in [6.45, 7) is 0. The van der Waals surface area contributed by atoms with E-state index in [1.54, 1.807) is 14.2 Å². The van der Waals surface area contributed by atoms with E-state index >= 15 is 0 Å². The Morgan fingerprint density at radius 2 is 1.52 bits per heavy atom. The topological polar surface area (TPSA) is 35.5 Å². The lowest BCUT2D eigenvalue weighted by molar-refractivity contribution is 0.0914. The lowest BCUT2D eigenvalue weighted by atomic mass is 9.83. The van der Waals surface area contributed by atoms with E-state index in [1.807, 2.05) is 12.1 Å². The van der Waals surface area contributed by atoms with Crippen LogP contribution in [0.25, 0.3) is 0 Å². The van der Waals surface area contributed by atoms with Gasteiger partial charge in [0.25, 0.3) is 0 Å². The molecule has 0 amide bonds. The van der Waals surface area contributed by atoms with Crippen LogP contribution in [0.5, 0.6) is 11.5 Å². The zero-order chi connectivity index (χ0) is 21.6. The smallest absolute Gasteiger partial charge is 0.166 e. The van der Waals surface area contributed by atoms with Gasteiger partial charge in [0, 0.05) is 11.5 Å². The summed E-state index contributed by atoms with van der Waals surface area (Å²) in [4.78, 5) is 13.2. The summed E-state index contributed by atoms with van der Waals surface area (Å²) < 4.78 is 10.9. The van der Waals surface area contributed by atoms with Crippen molar-refractivity contribution in [1.82, 2.24) is 0 Å². The summed E-state index contributed by atoms with van der Waals surface area (Å²) >= 11 is 0. The minimum absolute atomic E-state index is 0.116. The Bertz CT molecular complexity index is 873. The first kappa shape index (κ1) is 21.9. The van der Waals surface area contributed by atoms with Gasteiger partial charge in [-0.1, -0.05) is 68.9 Å². The van der Waals surface area contributed by atoms with Gasteiger partial charge in [-0.25, -0.2) is 0 Å². The molecular formula is C28H36O3. The predicted molar refractivity (Wildman–Crippen MR) is 125 cm³/mol. The monoisotopic (exact) mass is 420 g/mol. The SMILES string of the molecule is COc1cc2c(cc1OC)C(=O)C(CC1CCCCCC(Cc3ccccc3)CC1)C2. The predicted octanol–water partition coefficient (Wildman–Crippen LogP) is 6.67. The molecule has 0 aromatic heterocycles. The lowest BCUT2D eigenvalue weighted by Gasteiger charge is -2.22. The highest BCUT2D eigenvalue weighted by molar-refractivity contribution is 6.02. The largest absolute Gasteiger partial charge is 0.493 e. The van der Waals surface area contributed by atoms with Crippen molar-refractivity contribution < 1.29 is 14.3 Å². The molecule has 2 aromatic rings. The molecule has 0 N–H and O–H groups in total. The average Bonchev–Trinajstić information content (AvgIpc) is 3.15. The fourth-order valence-corrected chi connectivity index (χ4v) is 5.68. The van der Waals surface area contributed by atoms with Crippen LogP contribution >= 0.6 is 0 Å². The number of methoxy groups -OCH3 is 2. The second-order valence-corrected chi connectivity index (χ2v) is 9.50. The second kappa shape index (κ2) is 10.3. The van der Waals surface area contributed by atoms with Crippen molar-refractivity contribution in [2.75, 3.05) is 14.2 Å². The van der Waals surface area contributed by atoms with Gasteiger partial charge < -0.3 is 9.47 Å². The fourth-order valence-electron chi connectivity index (χ4n) is 5.68. The van der Waals surface area contributed by atoms with Crippen molar-refractivity contribution in [1.29, 1.82) is 0 Å². The van der Waals surface area contributed by atoms with E-state index in [0.29, 0.717) is 17.5 Å². The number of hydrogen-bond donors (Lipinski definition) is 0. The Kier molecular flexibility index (Phi) is 7.32. The van der Waals surface area contributed by atoms with Gasteiger partial charge in [-0.2, -0.15) is 0 Å². The number of carbonyl (C=O) groups excluding carboxylic acids is 1. The van der Waals surface area contributed by atoms with Crippen LogP contribution in [0.4, 0.5) is 0 Å². The quantitative estimate of drug-likeness (QED) is 0.524. The molecule has 0 bridgehead atoms. The Morgan fingerprint density at radius 1 is 0.839 bits per heavy atom. The van der Waals surface area contributed by atoms with E-state index in [1.165, 1.54) is 56.9 Å². The van der Waals surface area contributed by atoms with Crippen molar-refractivity contribution in [2.45, 2.75) is 64.2 Å². The highest BCUT2D eigenvalue weighted by Gasteiger charge is 2.34. The molecule has 166 valence electrons. The molecule has 2 aromatic carbocycles. The molecule has 2 aliphatic rings. The molecule has 0 heterocycles. The maximum absolute atomic E-state index is 13.2. The van der Waals surface area contributed by atoms with Crippen LogP contribution in [0.15, 0.2) is 42.5 Å². The van der Waals surface area contributed by atoms with E-state index in [0.717, 1.165) is 35.6 Å². The summed E-state index contributed by atoms with van der Waals surface area (Å²) in [5.74, 6) is 3.22. The number of fused-ring (bicyclic) bond motifs is 1. The van der Waals surface area contributed by atoms with E-state index in [4.69, 9.17) is 9.47 Å². The van der Waals surface area contributed by atoms with Gasteiger partial charge in [-0.05, 0) is 60.8 Å². The Labute approximate surface area is 187 Å². The first-order valence-corrected chi connectivity index (χ1v) is 12.0. The highest BCUT2D eigenvalue weighted by Crippen LogP contribution is 2.40. The highest BCUT2D eigenvalue weighted by atomic mass is 16.5. The van der Waals surface area contributed by atoms with E-state index in [2.05, 4.69) is 30.3 Å². The molecule has 0 spiro atoms. The minimum Gasteiger partial charge on any atom is -0.493 e. The molecule has 0 radical (unpaired) electrons. The first-order valence-electron chi connectivity index (χ1n) is 12.0. The summed E-state index contributed by atoms with van der Waals surface area (Å²) in [6, 6.07) is 14.8. The first-order chi connectivity index (χ1) is 15.2. The van der Waals surface area contributed by atoms with Gasteiger partial charge in [-0.15, -0.1) is 0 Å². The molecule has 3 unspecified atom stereocenters. The molecule has 31 heavy (non-hydrogen) atoms. The summed E-state index contributed by atoms with van der Waals surface area (Å²) in [6.07, 6.45) is 12.2. The molecule has 1 fully saturated rings. The van der Waals surface area contributed by atoms with Gasteiger partial charge in [0.15, 0.2) is 17.3 Å². The number of ketones is 1. The maximum atomic E-state index is 13.2. The Balaban J connectivity index is 1.40. The lowest BCUT2D eigenvalue weighted by Crippen LogP contribution is -2.16. The summed E-state index contributed by atoms with van der Waals surface area (Å²) in [5, 5.41) is 0. The van der Waals surface area contributed by atoms with Gasteiger partial charge in [0.2, 0.25) is 0 Å². The van der Waals surface area contributed by atoms with Gasteiger partial charge in [-0.3, -0.25) is 4.79 Å². The maximum Gasteiger partial charge on any atom is 0.166 e. The number of benzene rings is 2. The van der Waals surface area contributed by atoms with Crippen molar-refractivity contribution in [3.63, 3.8) is 0 Å². The summed E-state index contributed by atoms with van der Waals surface area (Å²) in [7, 11) is 3.28. The number of Topliss-reactive ketones (excluding diaryl/α,β-unsaturated/α-hetero) is 1. The van der Waals surface area contributed by atoms with Crippen LogP contribution < -0.4 is 9.47 Å². The Hall–Kier alpha value is -2.29. The van der Waals surface area contributed by atoms with E-state index in [-0.39, 0.29) is 5.92 Å². The molecule has 0 aliphatic heterocycles. The standard InChI is InChI=1S/C28H36O3/c1-30-26-18-23-17-24(28(29)25(23)19-27(26)31-2)16-22-12-8-4-7-11-21(13-14-22)15-20-9-5-3-6-10-20/h3,5-6,9-10,18-19,21-22,24H,4,7-8,11-17H2,1-2H3. The van der Waals surface area contributed by atoms with E-state index in [9.17, 15) is 4.79 Å². The zero-order valence-corrected chi connectivity index (χ0v) is 19.1. The van der Waals surface area contributed by atoms with Gasteiger partial charge >= 0.3 is 0 Å². The molecule has 3 heteroatoms. The third kappa shape index (κ3) is 5.31. The average molecular weight is 421 g/mol. The fraction of sp³-hybridized carbons (Fsp3) is 0.536. The molecule has 4 rings (SSSR count). The molecule has 1 saturated carbocycles. The van der Waals surface area contributed by atoms with Gasteiger partial charge in [0.1, 0.15) is 0 Å². The van der Waals surface area contributed by atoms with Crippen molar-refractivity contribution in [3.8, 4) is 11.5 Å². The van der Waals surface area contributed by atoms with Crippen LogP contribution in [0.1, 0.15) is 72.9 Å².